The number of aliphatic hydroxyl groups excluding tert-OH is 3. The van der Waals surface area contributed by atoms with E-state index in [2.05, 4.69) is 34.6 Å². The summed E-state index contributed by atoms with van der Waals surface area (Å²) < 4.78 is 0. The Kier molecular flexibility index (Phi) is 6.40. The van der Waals surface area contributed by atoms with Crippen molar-refractivity contribution in [1.82, 2.24) is 0 Å². The minimum Gasteiger partial charge on any atom is -0.393 e. The standard InChI is InChI=1S/C27H46O5/c1-15(2)6-7-21(28)16(3)17-9-11-27(32)19-12-22(29)20-13-23(30)24(31)14-25(20,4)18(19)8-10-26(17,27)5/h15-21,23-24,28,30-32H,6-14H2,1-5H3. The first-order valence-electron chi connectivity index (χ1n) is 13.1. The van der Waals surface area contributed by atoms with Gasteiger partial charge in [0, 0.05) is 12.3 Å². The van der Waals surface area contributed by atoms with Crippen molar-refractivity contribution in [2.24, 2.45) is 46.3 Å². The molecule has 184 valence electrons. The highest BCUT2D eigenvalue weighted by atomic mass is 16.3. The van der Waals surface area contributed by atoms with Crippen molar-refractivity contribution in [3.05, 3.63) is 0 Å². The van der Waals surface area contributed by atoms with Gasteiger partial charge >= 0.3 is 0 Å². The molecule has 4 fully saturated rings. The number of aliphatic hydroxyl groups is 4. The summed E-state index contributed by atoms with van der Waals surface area (Å²) >= 11 is 0. The van der Waals surface area contributed by atoms with Gasteiger partial charge in [-0.25, -0.2) is 0 Å². The van der Waals surface area contributed by atoms with Gasteiger partial charge in [0.1, 0.15) is 5.78 Å². The van der Waals surface area contributed by atoms with Crippen LogP contribution in [0.3, 0.4) is 0 Å². The first-order chi connectivity index (χ1) is 14.8. The zero-order chi connectivity index (χ0) is 23.6. The van der Waals surface area contributed by atoms with Gasteiger partial charge in [-0.3, -0.25) is 4.79 Å². The van der Waals surface area contributed by atoms with E-state index in [0.717, 1.165) is 32.1 Å². The lowest BCUT2D eigenvalue weighted by atomic mass is 9.42. The Balaban J connectivity index is 1.60. The van der Waals surface area contributed by atoms with Crippen LogP contribution in [0.5, 0.6) is 0 Å². The molecule has 0 aromatic heterocycles. The zero-order valence-electron chi connectivity index (χ0n) is 20.8. The molecule has 5 nitrogen and oxygen atoms in total. The fourth-order valence-corrected chi connectivity index (χ4v) is 8.94. The normalized spacial score (nSPS) is 50.5. The summed E-state index contributed by atoms with van der Waals surface area (Å²) in [5.41, 5.74) is -1.57. The number of Topliss-reactive ketones (excluding diaryl/α,β-unsaturated/α-hetero) is 1. The van der Waals surface area contributed by atoms with Crippen molar-refractivity contribution in [2.45, 2.75) is 116 Å². The Labute approximate surface area is 194 Å². The van der Waals surface area contributed by atoms with Gasteiger partial charge in [0.2, 0.25) is 0 Å². The molecule has 0 radical (unpaired) electrons. The van der Waals surface area contributed by atoms with Gasteiger partial charge in [-0.05, 0) is 91.8 Å². The highest BCUT2D eigenvalue weighted by Crippen LogP contribution is 2.69. The van der Waals surface area contributed by atoms with Crippen LogP contribution in [-0.2, 0) is 4.79 Å². The molecule has 4 rings (SSSR count). The first-order valence-corrected chi connectivity index (χ1v) is 13.1. The minimum atomic E-state index is -0.905. The van der Waals surface area contributed by atoms with Crippen molar-refractivity contribution < 1.29 is 25.2 Å². The molecule has 0 aliphatic heterocycles. The summed E-state index contributed by atoms with van der Waals surface area (Å²) in [6.45, 7) is 10.9. The quantitative estimate of drug-likeness (QED) is 0.512. The fraction of sp³-hybridized carbons (Fsp3) is 0.963. The van der Waals surface area contributed by atoms with E-state index in [9.17, 15) is 25.2 Å². The van der Waals surface area contributed by atoms with E-state index in [0.29, 0.717) is 31.6 Å². The average molecular weight is 451 g/mol. The largest absolute Gasteiger partial charge is 0.393 e. The van der Waals surface area contributed by atoms with Gasteiger partial charge in [0.25, 0.3) is 0 Å². The van der Waals surface area contributed by atoms with E-state index in [1.54, 1.807) is 0 Å². The molecule has 11 atom stereocenters. The third kappa shape index (κ3) is 3.52. The zero-order valence-corrected chi connectivity index (χ0v) is 20.8. The number of rotatable bonds is 5. The van der Waals surface area contributed by atoms with Crippen LogP contribution >= 0.6 is 0 Å². The predicted molar refractivity (Wildman–Crippen MR) is 124 cm³/mol. The Bertz CT molecular complexity index is 723. The molecule has 5 heteroatoms. The second-order valence-electron chi connectivity index (χ2n) is 12.9. The van der Waals surface area contributed by atoms with Crippen LogP contribution in [0.15, 0.2) is 0 Å². The maximum absolute atomic E-state index is 13.3. The number of ketones is 1. The number of carbonyl (C=O) groups excluding carboxylic acids is 1. The SMILES string of the molecule is CC(C)CCC(O)C(C)C1CCC2(O)C3CC(=O)C4CC(O)C(O)CC4(C)C3CCC12C. The van der Waals surface area contributed by atoms with E-state index in [4.69, 9.17) is 0 Å². The van der Waals surface area contributed by atoms with Crippen LogP contribution in [0.2, 0.25) is 0 Å². The monoisotopic (exact) mass is 450 g/mol. The van der Waals surface area contributed by atoms with Gasteiger partial charge in [-0.2, -0.15) is 0 Å². The summed E-state index contributed by atoms with van der Waals surface area (Å²) in [6.07, 6.45) is 4.42. The van der Waals surface area contributed by atoms with Gasteiger partial charge in [-0.15, -0.1) is 0 Å². The van der Waals surface area contributed by atoms with Crippen LogP contribution in [0.4, 0.5) is 0 Å². The molecule has 0 spiro atoms. The van der Waals surface area contributed by atoms with E-state index < -0.39 is 17.8 Å². The van der Waals surface area contributed by atoms with E-state index in [1.165, 1.54) is 0 Å². The highest BCUT2D eigenvalue weighted by molar-refractivity contribution is 5.83. The van der Waals surface area contributed by atoms with Crippen molar-refractivity contribution in [3.63, 3.8) is 0 Å². The summed E-state index contributed by atoms with van der Waals surface area (Å²) in [4.78, 5) is 13.3. The van der Waals surface area contributed by atoms with Crippen LogP contribution in [0.1, 0.15) is 92.4 Å². The van der Waals surface area contributed by atoms with Gasteiger partial charge in [-0.1, -0.05) is 34.6 Å². The summed E-state index contributed by atoms with van der Waals surface area (Å²) in [6, 6.07) is 0. The molecule has 0 saturated heterocycles. The third-order valence-corrected chi connectivity index (χ3v) is 11.0. The molecular formula is C27H46O5. The van der Waals surface area contributed by atoms with Crippen molar-refractivity contribution in [3.8, 4) is 0 Å². The second-order valence-corrected chi connectivity index (χ2v) is 12.9. The Morgan fingerprint density at radius 1 is 1.00 bits per heavy atom. The van der Waals surface area contributed by atoms with Crippen LogP contribution in [0.25, 0.3) is 0 Å². The molecule has 0 heterocycles. The molecule has 4 aliphatic carbocycles. The van der Waals surface area contributed by atoms with Crippen molar-refractivity contribution in [1.29, 1.82) is 0 Å². The van der Waals surface area contributed by atoms with E-state index in [-0.39, 0.29) is 52.3 Å². The minimum absolute atomic E-state index is 0.0950. The average Bonchev–Trinajstić information content (AvgIpc) is 2.99. The maximum Gasteiger partial charge on any atom is 0.137 e. The fourth-order valence-electron chi connectivity index (χ4n) is 8.94. The molecule has 4 aliphatic rings. The molecule has 32 heavy (non-hydrogen) atoms. The molecule has 4 saturated carbocycles. The predicted octanol–water partition coefficient (Wildman–Crippen LogP) is 3.70. The topological polar surface area (TPSA) is 98.0 Å². The molecule has 4 N–H and O–H groups in total. The van der Waals surface area contributed by atoms with Crippen LogP contribution in [-0.4, -0.2) is 50.1 Å². The van der Waals surface area contributed by atoms with Crippen LogP contribution in [0, 0.1) is 46.3 Å². The van der Waals surface area contributed by atoms with Crippen LogP contribution < -0.4 is 0 Å². The summed E-state index contributed by atoms with van der Waals surface area (Å²) in [5.74, 6) is 0.964. The Morgan fingerprint density at radius 3 is 2.34 bits per heavy atom. The van der Waals surface area contributed by atoms with E-state index in [1.807, 2.05) is 0 Å². The molecule has 11 unspecified atom stereocenters. The summed E-state index contributed by atoms with van der Waals surface area (Å²) in [7, 11) is 0. The van der Waals surface area contributed by atoms with E-state index >= 15 is 0 Å². The number of fused-ring (bicyclic) bond motifs is 5. The third-order valence-electron chi connectivity index (χ3n) is 11.0. The van der Waals surface area contributed by atoms with Crippen molar-refractivity contribution >= 4 is 5.78 Å². The van der Waals surface area contributed by atoms with Crippen molar-refractivity contribution in [2.75, 3.05) is 0 Å². The smallest absolute Gasteiger partial charge is 0.137 e. The Hall–Kier alpha value is -0.490. The molecule has 0 aromatic carbocycles. The number of hydrogen-bond acceptors (Lipinski definition) is 5. The van der Waals surface area contributed by atoms with Gasteiger partial charge < -0.3 is 20.4 Å². The second kappa shape index (κ2) is 8.32. The lowest BCUT2D eigenvalue weighted by Gasteiger charge is -2.63. The Morgan fingerprint density at radius 2 is 1.69 bits per heavy atom. The number of hydrogen-bond donors (Lipinski definition) is 4. The van der Waals surface area contributed by atoms with Gasteiger partial charge in [0.05, 0.1) is 23.9 Å². The number of carbonyl (C=O) groups is 1. The lowest BCUT2D eigenvalue weighted by Crippen LogP contribution is -2.65. The lowest BCUT2D eigenvalue weighted by molar-refractivity contribution is -0.220. The first kappa shape index (κ1) is 24.6. The van der Waals surface area contributed by atoms with Gasteiger partial charge in [0.15, 0.2) is 0 Å². The summed E-state index contributed by atoms with van der Waals surface area (Å²) in [5, 5.41) is 43.9. The molecule has 0 aromatic rings. The highest BCUT2D eigenvalue weighted by Gasteiger charge is 2.69. The molecule has 0 amide bonds. The molecular weight excluding hydrogens is 404 g/mol. The maximum atomic E-state index is 13.3. The molecule has 0 bridgehead atoms.